The average Bonchev–Trinajstić information content (AvgIpc) is 2.69. The Labute approximate surface area is 172 Å². The molecule has 29 heavy (non-hydrogen) atoms. The summed E-state index contributed by atoms with van der Waals surface area (Å²) in [6, 6.07) is 9.28. The Morgan fingerprint density at radius 3 is 2.62 bits per heavy atom. The monoisotopic (exact) mass is 430 g/mol. The predicted octanol–water partition coefficient (Wildman–Crippen LogP) is 3.11. The van der Waals surface area contributed by atoms with Crippen LogP contribution in [-0.4, -0.2) is 53.9 Å². The zero-order chi connectivity index (χ0) is 20.1. The summed E-state index contributed by atoms with van der Waals surface area (Å²) in [5.74, 6) is -1.41. The second kappa shape index (κ2) is 10.4. The summed E-state index contributed by atoms with van der Waals surface area (Å²) in [5.41, 5.74) is 0.504. The van der Waals surface area contributed by atoms with Crippen LogP contribution in [0, 0.1) is 21.7 Å². The van der Waals surface area contributed by atoms with Crippen molar-refractivity contribution in [3.8, 4) is 5.75 Å². The van der Waals surface area contributed by atoms with Crippen LogP contribution in [0.3, 0.4) is 0 Å². The van der Waals surface area contributed by atoms with Gasteiger partial charge < -0.3 is 14.6 Å². The molecule has 2 atom stereocenters. The highest BCUT2D eigenvalue weighted by Crippen LogP contribution is 2.24. The Hall–Kier alpha value is -2.33. The number of aliphatic hydroxyl groups is 1. The fourth-order valence-electron chi connectivity index (χ4n) is 2.99. The van der Waals surface area contributed by atoms with Crippen LogP contribution in [0.5, 0.6) is 5.75 Å². The number of nitrogens with zero attached hydrogens (tertiary/aromatic N) is 2. The molecule has 0 aromatic heterocycles. The van der Waals surface area contributed by atoms with Crippen molar-refractivity contribution in [2.45, 2.75) is 12.2 Å². The van der Waals surface area contributed by atoms with Crippen LogP contribution < -0.4 is 4.74 Å². The van der Waals surface area contributed by atoms with E-state index >= 15 is 0 Å². The van der Waals surface area contributed by atoms with Gasteiger partial charge in [0.05, 0.1) is 17.6 Å². The molecule has 3 rings (SSSR count). The molecule has 2 aromatic carbocycles. The lowest BCUT2D eigenvalue weighted by atomic mass is 10.1. The summed E-state index contributed by atoms with van der Waals surface area (Å²) in [7, 11) is 0. The van der Waals surface area contributed by atoms with Crippen molar-refractivity contribution in [1.82, 2.24) is 4.90 Å². The van der Waals surface area contributed by atoms with Gasteiger partial charge in [0.2, 0.25) is 0 Å². The maximum atomic E-state index is 13.4. The zero-order valence-corrected chi connectivity index (χ0v) is 16.2. The highest BCUT2D eigenvalue weighted by Gasteiger charge is 2.24. The van der Waals surface area contributed by atoms with Crippen LogP contribution in [-0.2, 0) is 4.74 Å². The first kappa shape index (κ1) is 23.0. The van der Waals surface area contributed by atoms with E-state index in [1.807, 2.05) is 4.90 Å². The van der Waals surface area contributed by atoms with Gasteiger partial charge in [-0.2, -0.15) is 0 Å². The lowest BCUT2D eigenvalue weighted by Crippen LogP contribution is -2.43. The summed E-state index contributed by atoms with van der Waals surface area (Å²) >= 11 is 0. The standard InChI is InChI=1S/C19H20F2N2O5.ClH/c20-17-6-1-13(9-18(17)21)19-11-22(7-8-27-19)10-15(24)12-28-16-4-2-14(3-5-16)23(25)26;/h1-6,9,15,19,24H,7-8,10-12H2;1H. The molecule has 0 amide bonds. The molecule has 10 heteroatoms. The molecular weight excluding hydrogens is 410 g/mol. The minimum absolute atomic E-state index is 0. The first-order chi connectivity index (χ1) is 13.4. The number of β-amino-alcohol motifs (C(OH)–C–C–N with tert-alkyl or cyclic N) is 1. The molecule has 1 aliphatic rings. The van der Waals surface area contributed by atoms with E-state index in [1.165, 1.54) is 30.3 Å². The van der Waals surface area contributed by atoms with Gasteiger partial charge in [0, 0.05) is 31.8 Å². The molecule has 1 saturated heterocycles. The molecule has 0 radical (unpaired) electrons. The van der Waals surface area contributed by atoms with Crippen LogP contribution in [0.2, 0.25) is 0 Å². The largest absolute Gasteiger partial charge is 0.491 e. The molecule has 0 saturated carbocycles. The maximum absolute atomic E-state index is 13.4. The minimum Gasteiger partial charge on any atom is -0.491 e. The molecule has 7 nitrogen and oxygen atoms in total. The van der Waals surface area contributed by atoms with Crippen molar-refractivity contribution < 1.29 is 28.3 Å². The van der Waals surface area contributed by atoms with Gasteiger partial charge in [-0.15, -0.1) is 12.4 Å². The number of morpholine rings is 1. The second-order valence-corrected chi connectivity index (χ2v) is 6.51. The second-order valence-electron chi connectivity index (χ2n) is 6.51. The third kappa shape index (κ3) is 6.33. The molecule has 2 unspecified atom stereocenters. The lowest BCUT2D eigenvalue weighted by molar-refractivity contribution is -0.384. The molecular formula is C19H21ClF2N2O5. The van der Waals surface area contributed by atoms with Crippen LogP contribution in [0.25, 0.3) is 0 Å². The number of aliphatic hydroxyl groups excluding tert-OH is 1. The number of ether oxygens (including phenoxy) is 2. The first-order valence-electron chi connectivity index (χ1n) is 8.76. The normalized spacial score (nSPS) is 18.0. The summed E-state index contributed by atoms with van der Waals surface area (Å²) in [6.45, 7) is 1.76. The number of hydrogen-bond donors (Lipinski definition) is 1. The van der Waals surface area contributed by atoms with Gasteiger partial charge in [-0.3, -0.25) is 15.0 Å². The Morgan fingerprint density at radius 1 is 1.24 bits per heavy atom. The summed E-state index contributed by atoms with van der Waals surface area (Å²) < 4.78 is 37.6. The SMILES string of the molecule is Cl.O=[N+]([O-])c1ccc(OCC(O)CN2CCOC(c3ccc(F)c(F)c3)C2)cc1. The third-order valence-electron chi connectivity index (χ3n) is 4.42. The number of benzene rings is 2. The van der Waals surface area contributed by atoms with E-state index in [2.05, 4.69) is 0 Å². The lowest BCUT2D eigenvalue weighted by Gasteiger charge is -2.34. The van der Waals surface area contributed by atoms with E-state index in [9.17, 15) is 24.0 Å². The fourth-order valence-corrected chi connectivity index (χ4v) is 2.99. The quantitative estimate of drug-likeness (QED) is 0.536. The van der Waals surface area contributed by atoms with Gasteiger partial charge in [0.15, 0.2) is 11.6 Å². The Morgan fingerprint density at radius 2 is 1.97 bits per heavy atom. The van der Waals surface area contributed by atoms with Crippen molar-refractivity contribution in [2.75, 3.05) is 32.8 Å². The van der Waals surface area contributed by atoms with E-state index in [-0.39, 0.29) is 24.7 Å². The topological polar surface area (TPSA) is 85.1 Å². The van der Waals surface area contributed by atoms with Gasteiger partial charge >= 0.3 is 0 Å². The molecule has 0 bridgehead atoms. The van der Waals surface area contributed by atoms with Gasteiger partial charge in [-0.05, 0) is 29.8 Å². The van der Waals surface area contributed by atoms with Crippen molar-refractivity contribution in [1.29, 1.82) is 0 Å². The van der Waals surface area contributed by atoms with Crippen LogP contribution in [0.15, 0.2) is 42.5 Å². The summed E-state index contributed by atoms with van der Waals surface area (Å²) in [6.07, 6.45) is -1.20. The molecule has 1 fully saturated rings. The van der Waals surface area contributed by atoms with Crippen LogP contribution >= 0.6 is 12.4 Å². The van der Waals surface area contributed by atoms with Crippen molar-refractivity contribution in [3.05, 3.63) is 69.8 Å². The van der Waals surface area contributed by atoms with Crippen molar-refractivity contribution in [3.63, 3.8) is 0 Å². The summed E-state index contributed by atoms with van der Waals surface area (Å²) in [5, 5.41) is 20.9. The Bertz CT molecular complexity index is 825. The molecule has 158 valence electrons. The van der Waals surface area contributed by atoms with E-state index in [0.717, 1.165) is 12.1 Å². The third-order valence-corrected chi connectivity index (χ3v) is 4.42. The number of rotatable bonds is 7. The van der Waals surface area contributed by atoms with Crippen LogP contribution in [0.1, 0.15) is 11.7 Å². The van der Waals surface area contributed by atoms with Crippen molar-refractivity contribution >= 4 is 18.1 Å². The average molecular weight is 431 g/mol. The number of nitro benzene ring substituents is 1. The molecule has 2 aromatic rings. The Balaban J connectivity index is 0.00000300. The number of non-ortho nitro benzene ring substituents is 1. The van der Waals surface area contributed by atoms with E-state index < -0.39 is 28.8 Å². The van der Waals surface area contributed by atoms with E-state index in [1.54, 1.807) is 0 Å². The maximum Gasteiger partial charge on any atom is 0.269 e. The van der Waals surface area contributed by atoms with Gasteiger partial charge in [0.1, 0.15) is 18.5 Å². The van der Waals surface area contributed by atoms with Crippen molar-refractivity contribution in [2.24, 2.45) is 0 Å². The van der Waals surface area contributed by atoms with E-state index in [0.29, 0.717) is 37.6 Å². The smallest absolute Gasteiger partial charge is 0.269 e. The number of nitro groups is 1. The predicted molar refractivity (Wildman–Crippen MR) is 103 cm³/mol. The molecule has 1 aliphatic heterocycles. The highest BCUT2D eigenvalue weighted by molar-refractivity contribution is 5.85. The number of halogens is 3. The van der Waals surface area contributed by atoms with Gasteiger partial charge in [-0.1, -0.05) is 6.07 Å². The fraction of sp³-hybridized carbons (Fsp3) is 0.368. The summed E-state index contributed by atoms with van der Waals surface area (Å²) in [4.78, 5) is 12.1. The Kier molecular flexibility index (Phi) is 8.27. The van der Waals surface area contributed by atoms with Crippen LogP contribution in [0.4, 0.5) is 14.5 Å². The molecule has 0 spiro atoms. The minimum atomic E-state index is -0.922. The molecule has 1 N–H and O–H groups in total. The molecule has 1 heterocycles. The van der Waals surface area contributed by atoms with Gasteiger partial charge in [0.25, 0.3) is 5.69 Å². The molecule has 0 aliphatic carbocycles. The highest BCUT2D eigenvalue weighted by atomic mass is 35.5. The zero-order valence-electron chi connectivity index (χ0n) is 15.4. The van der Waals surface area contributed by atoms with E-state index in [4.69, 9.17) is 9.47 Å². The van der Waals surface area contributed by atoms with Gasteiger partial charge in [-0.25, -0.2) is 8.78 Å². The first-order valence-corrected chi connectivity index (χ1v) is 8.76. The number of hydrogen-bond acceptors (Lipinski definition) is 6.